The van der Waals surface area contributed by atoms with Gasteiger partial charge in [0.05, 0.1) is 21.8 Å². The van der Waals surface area contributed by atoms with Crippen molar-refractivity contribution in [3.63, 3.8) is 0 Å². The van der Waals surface area contributed by atoms with E-state index < -0.39 is 11.0 Å². The van der Waals surface area contributed by atoms with Crippen LogP contribution in [-0.4, -0.2) is 15.0 Å². The summed E-state index contributed by atoms with van der Waals surface area (Å²) in [6.07, 6.45) is 4.53. The van der Waals surface area contributed by atoms with E-state index in [-0.39, 0.29) is 10.8 Å². The fourth-order valence-electron chi connectivity index (χ4n) is 2.14. The molecular formula is C13H24N2OS. The van der Waals surface area contributed by atoms with E-state index in [1.807, 2.05) is 20.8 Å². The number of nitrogens with zero attached hydrogens (tertiary/aromatic N) is 1. The van der Waals surface area contributed by atoms with E-state index in [9.17, 15) is 9.47 Å². The summed E-state index contributed by atoms with van der Waals surface area (Å²) in [7, 11) is -1.15. The molecule has 1 aliphatic rings. The smallest absolute Gasteiger partial charge is 0.109 e. The van der Waals surface area contributed by atoms with Crippen LogP contribution in [0.1, 0.15) is 53.4 Å². The minimum absolute atomic E-state index is 0.262. The quantitative estimate of drug-likeness (QED) is 0.844. The Balaban J connectivity index is 2.55. The summed E-state index contributed by atoms with van der Waals surface area (Å²) in [4.78, 5) is 0. The average molecular weight is 256 g/mol. The van der Waals surface area contributed by atoms with Crippen molar-refractivity contribution >= 4 is 11.0 Å². The van der Waals surface area contributed by atoms with Gasteiger partial charge in [-0.15, -0.1) is 0 Å². The highest BCUT2D eigenvalue weighted by Gasteiger charge is 2.29. The van der Waals surface area contributed by atoms with Crippen LogP contribution in [0.5, 0.6) is 0 Å². The maximum Gasteiger partial charge on any atom is 0.109 e. The molecule has 1 N–H and O–H groups in total. The molecule has 0 amide bonds. The van der Waals surface area contributed by atoms with Crippen LogP contribution < -0.4 is 4.72 Å². The average Bonchev–Trinajstić information content (AvgIpc) is 2.25. The first kappa shape index (κ1) is 14.7. The molecule has 0 unspecified atom stereocenters. The number of rotatable bonds is 3. The minimum Gasteiger partial charge on any atom is -0.242 e. The van der Waals surface area contributed by atoms with Crippen molar-refractivity contribution in [3.05, 3.63) is 0 Å². The van der Waals surface area contributed by atoms with Crippen molar-refractivity contribution in [2.24, 2.45) is 11.8 Å². The second-order valence-electron chi connectivity index (χ2n) is 6.13. The molecule has 98 valence electrons. The molecule has 0 aromatic rings. The molecule has 1 fully saturated rings. The maximum atomic E-state index is 12.0. The summed E-state index contributed by atoms with van der Waals surface area (Å²) < 4.78 is 14.7. The van der Waals surface area contributed by atoms with E-state index in [2.05, 4.69) is 17.7 Å². The van der Waals surface area contributed by atoms with Crippen molar-refractivity contribution in [1.82, 2.24) is 4.72 Å². The van der Waals surface area contributed by atoms with E-state index in [1.54, 1.807) is 0 Å². The lowest BCUT2D eigenvalue weighted by Crippen LogP contribution is -2.43. The van der Waals surface area contributed by atoms with E-state index in [0.29, 0.717) is 5.92 Å². The molecule has 0 heterocycles. The Bertz CT molecular complexity index is 308. The molecule has 1 rings (SSSR count). The first-order chi connectivity index (χ1) is 7.84. The highest BCUT2D eigenvalue weighted by Crippen LogP contribution is 2.30. The fraction of sp³-hybridized carbons (Fsp3) is 0.923. The molecule has 0 spiro atoms. The number of nitriles is 1. The Morgan fingerprint density at radius 2 is 1.82 bits per heavy atom. The zero-order valence-corrected chi connectivity index (χ0v) is 12.1. The molecule has 3 nitrogen and oxygen atoms in total. The van der Waals surface area contributed by atoms with Crippen LogP contribution in [-0.2, 0) is 11.0 Å². The Kier molecular flexibility index (Phi) is 5.15. The molecule has 0 aromatic heterocycles. The summed E-state index contributed by atoms with van der Waals surface area (Å²) in [5.41, 5.74) is 0. The minimum atomic E-state index is -1.15. The van der Waals surface area contributed by atoms with Crippen LogP contribution in [0, 0.1) is 23.2 Å². The standard InChI is InChI=1S/C13H24N2OS/c1-10-5-7-11(8-6-10)12(9-14)15-17(16)13(2,3)4/h10-12,15H,5-8H2,1-4H3/t10?,11?,12-,17+/m1/s1. The monoisotopic (exact) mass is 256 g/mol. The largest absolute Gasteiger partial charge is 0.242 e. The normalized spacial score (nSPS) is 29.4. The van der Waals surface area contributed by atoms with Crippen LogP contribution >= 0.6 is 0 Å². The number of hydrogen-bond acceptors (Lipinski definition) is 2. The van der Waals surface area contributed by atoms with Gasteiger partial charge in [0.15, 0.2) is 0 Å². The van der Waals surface area contributed by atoms with Crippen molar-refractivity contribution in [1.29, 1.82) is 5.26 Å². The highest BCUT2D eigenvalue weighted by atomic mass is 32.2. The summed E-state index contributed by atoms with van der Waals surface area (Å²) in [6.45, 7) is 8.03. The fourth-order valence-corrected chi connectivity index (χ4v) is 2.97. The first-order valence-electron chi connectivity index (χ1n) is 6.42. The van der Waals surface area contributed by atoms with Gasteiger partial charge in [0.1, 0.15) is 6.04 Å². The van der Waals surface area contributed by atoms with E-state index in [4.69, 9.17) is 0 Å². The van der Waals surface area contributed by atoms with Crippen LogP contribution in [0.2, 0.25) is 0 Å². The Hall–Kier alpha value is -0.400. The second-order valence-corrected chi connectivity index (χ2v) is 8.12. The predicted octanol–water partition coefficient (Wildman–Crippen LogP) is 2.76. The van der Waals surface area contributed by atoms with Crippen LogP contribution in [0.15, 0.2) is 0 Å². The lowest BCUT2D eigenvalue weighted by atomic mass is 9.80. The molecule has 0 aliphatic heterocycles. The molecule has 17 heavy (non-hydrogen) atoms. The van der Waals surface area contributed by atoms with Gasteiger partial charge in [0, 0.05) is 0 Å². The zero-order valence-electron chi connectivity index (χ0n) is 11.3. The summed E-state index contributed by atoms with van der Waals surface area (Å²) >= 11 is 0. The molecule has 0 aromatic carbocycles. The van der Waals surface area contributed by atoms with Gasteiger partial charge in [0.25, 0.3) is 0 Å². The van der Waals surface area contributed by atoms with Gasteiger partial charge < -0.3 is 0 Å². The van der Waals surface area contributed by atoms with Crippen LogP contribution in [0.4, 0.5) is 0 Å². The molecule has 4 heteroatoms. The third-order valence-electron chi connectivity index (χ3n) is 3.46. The third-order valence-corrected chi connectivity index (χ3v) is 5.04. The lowest BCUT2D eigenvalue weighted by molar-refractivity contribution is 0.269. The molecule has 0 bridgehead atoms. The molecule has 0 saturated heterocycles. The Morgan fingerprint density at radius 1 is 1.29 bits per heavy atom. The first-order valence-corrected chi connectivity index (χ1v) is 7.57. The van der Waals surface area contributed by atoms with Gasteiger partial charge in [-0.2, -0.15) is 5.26 Å². The van der Waals surface area contributed by atoms with E-state index in [1.165, 1.54) is 12.8 Å². The summed E-state index contributed by atoms with van der Waals surface area (Å²) in [5.74, 6) is 1.14. The van der Waals surface area contributed by atoms with Crippen LogP contribution in [0.3, 0.4) is 0 Å². The molecule has 0 radical (unpaired) electrons. The molecule has 1 aliphatic carbocycles. The van der Waals surface area contributed by atoms with Gasteiger partial charge >= 0.3 is 0 Å². The van der Waals surface area contributed by atoms with Crippen molar-refractivity contribution < 1.29 is 4.21 Å². The van der Waals surface area contributed by atoms with Crippen molar-refractivity contribution in [2.45, 2.75) is 64.2 Å². The van der Waals surface area contributed by atoms with Gasteiger partial charge in [-0.3, -0.25) is 0 Å². The lowest BCUT2D eigenvalue weighted by Gasteiger charge is -2.30. The number of nitrogens with one attached hydrogen (secondary N) is 1. The van der Waals surface area contributed by atoms with E-state index >= 15 is 0 Å². The third kappa shape index (κ3) is 4.40. The van der Waals surface area contributed by atoms with Crippen molar-refractivity contribution in [2.75, 3.05) is 0 Å². The molecule has 1 saturated carbocycles. The number of hydrogen-bond donors (Lipinski definition) is 1. The second kappa shape index (κ2) is 5.97. The van der Waals surface area contributed by atoms with E-state index in [0.717, 1.165) is 18.8 Å². The van der Waals surface area contributed by atoms with Crippen LogP contribution in [0.25, 0.3) is 0 Å². The van der Waals surface area contributed by atoms with Gasteiger partial charge in [0.2, 0.25) is 0 Å². The summed E-state index contributed by atoms with van der Waals surface area (Å²) in [5, 5.41) is 9.21. The predicted molar refractivity (Wildman–Crippen MR) is 71.6 cm³/mol. The van der Waals surface area contributed by atoms with Crippen molar-refractivity contribution in [3.8, 4) is 6.07 Å². The maximum absolute atomic E-state index is 12.0. The van der Waals surface area contributed by atoms with Gasteiger partial charge in [-0.25, -0.2) is 8.93 Å². The zero-order chi connectivity index (χ0) is 13.1. The highest BCUT2D eigenvalue weighted by molar-refractivity contribution is 7.84. The molecule has 2 atom stereocenters. The Labute approximate surface area is 108 Å². The topological polar surface area (TPSA) is 52.9 Å². The van der Waals surface area contributed by atoms with Gasteiger partial charge in [-0.1, -0.05) is 19.8 Å². The Morgan fingerprint density at radius 3 is 2.24 bits per heavy atom. The van der Waals surface area contributed by atoms with Gasteiger partial charge in [-0.05, 0) is 45.4 Å². The summed E-state index contributed by atoms with van der Waals surface area (Å²) in [6, 6.07) is 2.02. The molecular weight excluding hydrogens is 232 g/mol. The SMILES string of the molecule is CC1CCC([C@@H](C#N)N[S@@](=O)C(C)(C)C)CC1.